The summed E-state index contributed by atoms with van der Waals surface area (Å²) in [5, 5.41) is 7.62. The van der Waals surface area contributed by atoms with Crippen LogP contribution >= 0.6 is 0 Å². The molecular weight excluding hydrogens is 290 g/mol. The van der Waals surface area contributed by atoms with Crippen molar-refractivity contribution in [1.29, 1.82) is 0 Å². The molecule has 1 aromatic carbocycles. The molecule has 8 heteroatoms. The lowest BCUT2D eigenvalue weighted by molar-refractivity contribution is -0.0589. The van der Waals surface area contributed by atoms with Gasteiger partial charge in [-0.15, -0.1) is 10.2 Å². The van der Waals surface area contributed by atoms with Crippen molar-refractivity contribution in [2.75, 3.05) is 7.11 Å². The minimum atomic E-state index is -0.968. The summed E-state index contributed by atoms with van der Waals surface area (Å²) in [5.41, 5.74) is 0.208. The smallest absolute Gasteiger partial charge is 0.384 e. The molecule has 1 aliphatic rings. The summed E-state index contributed by atoms with van der Waals surface area (Å²) >= 11 is 0. The lowest BCUT2D eigenvalue weighted by atomic mass is 10.1. The van der Waals surface area contributed by atoms with Gasteiger partial charge in [-0.2, -0.15) is 0 Å². The van der Waals surface area contributed by atoms with Gasteiger partial charge in [0.15, 0.2) is 5.69 Å². The van der Waals surface area contributed by atoms with Crippen LogP contribution in [0.3, 0.4) is 0 Å². The number of nitrogens with zero attached hydrogens (tertiary/aromatic N) is 3. The molecule has 0 spiro atoms. The number of hydrogen-bond acceptors (Lipinski definition) is 7. The fourth-order valence-electron chi connectivity index (χ4n) is 1.92. The van der Waals surface area contributed by atoms with E-state index in [0.29, 0.717) is 5.06 Å². The van der Waals surface area contributed by atoms with Gasteiger partial charge in [0.25, 0.3) is 11.8 Å². The molecule has 0 aliphatic carbocycles. The average molecular weight is 299 g/mol. The molecule has 0 N–H and O–H groups in total. The van der Waals surface area contributed by atoms with Gasteiger partial charge < -0.3 is 9.57 Å². The topological polar surface area (TPSA) is 98.7 Å². The SMILES string of the molecule is COc1ccc(C(=O)ON2C(=O)c3ccccc3C2=O)nn1. The Morgan fingerprint density at radius 1 is 1.00 bits per heavy atom. The number of methoxy groups -OCH3 is 1. The third-order valence-electron chi connectivity index (χ3n) is 2.99. The molecule has 3 rings (SSSR count). The summed E-state index contributed by atoms with van der Waals surface area (Å²) in [6.45, 7) is 0. The molecule has 0 radical (unpaired) electrons. The van der Waals surface area contributed by atoms with Gasteiger partial charge in [0.2, 0.25) is 5.88 Å². The first-order chi connectivity index (χ1) is 10.6. The van der Waals surface area contributed by atoms with E-state index >= 15 is 0 Å². The lowest BCUT2D eigenvalue weighted by Gasteiger charge is -2.11. The number of amides is 2. The Morgan fingerprint density at radius 2 is 1.64 bits per heavy atom. The van der Waals surface area contributed by atoms with Gasteiger partial charge in [0.1, 0.15) is 0 Å². The zero-order valence-electron chi connectivity index (χ0n) is 11.3. The number of rotatable bonds is 3. The van der Waals surface area contributed by atoms with Crippen LogP contribution in [0.15, 0.2) is 36.4 Å². The van der Waals surface area contributed by atoms with Gasteiger partial charge >= 0.3 is 5.97 Å². The summed E-state index contributed by atoms with van der Waals surface area (Å²) in [6, 6.07) is 8.92. The first-order valence-corrected chi connectivity index (χ1v) is 6.19. The molecule has 2 heterocycles. The fourth-order valence-corrected chi connectivity index (χ4v) is 1.92. The van der Waals surface area contributed by atoms with Crippen LogP contribution in [-0.4, -0.2) is 40.2 Å². The molecule has 0 saturated heterocycles. The summed E-state index contributed by atoms with van der Waals surface area (Å²) < 4.78 is 4.81. The number of benzene rings is 1. The Balaban J connectivity index is 1.80. The van der Waals surface area contributed by atoms with Crippen LogP contribution in [0.5, 0.6) is 5.88 Å². The van der Waals surface area contributed by atoms with Crippen molar-refractivity contribution in [3.05, 3.63) is 53.2 Å². The van der Waals surface area contributed by atoms with Crippen molar-refractivity contribution in [2.45, 2.75) is 0 Å². The van der Waals surface area contributed by atoms with Crippen LogP contribution in [0.4, 0.5) is 0 Å². The van der Waals surface area contributed by atoms with Gasteiger partial charge in [-0.05, 0) is 18.2 Å². The van der Waals surface area contributed by atoms with Crippen LogP contribution in [-0.2, 0) is 4.84 Å². The van der Waals surface area contributed by atoms with Crippen LogP contribution < -0.4 is 4.74 Å². The molecule has 8 nitrogen and oxygen atoms in total. The number of hydrogen-bond donors (Lipinski definition) is 0. The van der Waals surface area contributed by atoms with E-state index in [9.17, 15) is 14.4 Å². The largest absolute Gasteiger partial charge is 0.480 e. The van der Waals surface area contributed by atoms with E-state index in [0.717, 1.165) is 0 Å². The zero-order valence-corrected chi connectivity index (χ0v) is 11.3. The van der Waals surface area contributed by atoms with E-state index in [-0.39, 0.29) is 22.7 Å². The highest BCUT2D eigenvalue weighted by molar-refractivity contribution is 6.21. The van der Waals surface area contributed by atoms with Crippen molar-refractivity contribution in [2.24, 2.45) is 0 Å². The predicted molar refractivity (Wildman–Crippen MR) is 70.9 cm³/mol. The van der Waals surface area contributed by atoms with Crippen molar-refractivity contribution in [1.82, 2.24) is 15.3 Å². The first-order valence-electron chi connectivity index (χ1n) is 6.19. The molecule has 1 aromatic heterocycles. The van der Waals surface area contributed by atoms with Crippen LogP contribution in [0.2, 0.25) is 0 Å². The lowest BCUT2D eigenvalue weighted by Crippen LogP contribution is -2.33. The zero-order chi connectivity index (χ0) is 15.7. The molecule has 2 amide bonds. The molecule has 0 bridgehead atoms. The second-order valence-electron chi connectivity index (χ2n) is 4.29. The van der Waals surface area contributed by atoms with E-state index < -0.39 is 17.8 Å². The van der Waals surface area contributed by atoms with E-state index in [2.05, 4.69) is 10.2 Å². The standard InChI is InChI=1S/C14H9N3O5/c1-21-11-7-6-10(15-16-11)14(20)22-17-12(18)8-4-2-3-5-9(8)13(17)19/h2-7H,1H3. The minimum Gasteiger partial charge on any atom is -0.480 e. The Hall–Kier alpha value is -3.29. The van der Waals surface area contributed by atoms with E-state index in [1.54, 1.807) is 12.1 Å². The number of fused-ring (bicyclic) bond motifs is 1. The molecule has 110 valence electrons. The quantitative estimate of drug-likeness (QED) is 0.775. The van der Waals surface area contributed by atoms with E-state index in [4.69, 9.17) is 9.57 Å². The molecule has 2 aromatic rings. The summed E-state index contributed by atoms with van der Waals surface area (Å²) in [7, 11) is 1.40. The van der Waals surface area contributed by atoms with Gasteiger partial charge in [-0.25, -0.2) is 4.79 Å². The number of aromatic nitrogens is 2. The molecule has 1 aliphatic heterocycles. The summed E-state index contributed by atoms with van der Waals surface area (Å²) in [4.78, 5) is 40.9. The summed E-state index contributed by atoms with van der Waals surface area (Å²) in [6.07, 6.45) is 0. The van der Waals surface area contributed by atoms with E-state index in [1.807, 2.05) is 0 Å². The van der Waals surface area contributed by atoms with Gasteiger partial charge in [0, 0.05) is 6.07 Å². The third-order valence-corrected chi connectivity index (χ3v) is 2.99. The Labute approximate surface area is 124 Å². The Bertz CT molecular complexity index is 737. The number of hydroxylamine groups is 2. The highest BCUT2D eigenvalue weighted by Crippen LogP contribution is 2.23. The van der Waals surface area contributed by atoms with Crippen molar-refractivity contribution >= 4 is 17.8 Å². The molecule has 0 fully saturated rings. The molecular formula is C14H9N3O5. The maximum absolute atomic E-state index is 12.0. The van der Waals surface area contributed by atoms with E-state index in [1.165, 1.54) is 31.4 Å². The van der Waals surface area contributed by atoms with Crippen LogP contribution in [0.25, 0.3) is 0 Å². The fraction of sp³-hybridized carbons (Fsp3) is 0.0714. The number of carbonyl (C=O) groups is 3. The maximum Gasteiger partial charge on any atom is 0.384 e. The van der Waals surface area contributed by atoms with Crippen LogP contribution in [0.1, 0.15) is 31.2 Å². The number of ether oxygens (including phenoxy) is 1. The average Bonchev–Trinajstić information content (AvgIpc) is 2.80. The van der Waals surface area contributed by atoms with Crippen molar-refractivity contribution in [3.63, 3.8) is 0 Å². The van der Waals surface area contributed by atoms with Crippen molar-refractivity contribution < 1.29 is 24.0 Å². The van der Waals surface area contributed by atoms with Gasteiger partial charge in [0.05, 0.1) is 18.2 Å². The Morgan fingerprint density at radius 3 is 2.14 bits per heavy atom. The number of carbonyl (C=O) groups excluding carboxylic acids is 3. The third kappa shape index (κ3) is 2.16. The Kier molecular flexibility index (Phi) is 3.26. The second kappa shape index (κ2) is 5.24. The first kappa shape index (κ1) is 13.7. The van der Waals surface area contributed by atoms with Crippen LogP contribution in [0, 0.1) is 0 Å². The minimum absolute atomic E-state index is 0.155. The molecule has 0 saturated carbocycles. The number of imide groups is 1. The van der Waals surface area contributed by atoms with Gasteiger partial charge in [-0.3, -0.25) is 9.59 Å². The second-order valence-corrected chi connectivity index (χ2v) is 4.29. The van der Waals surface area contributed by atoms with Crippen molar-refractivity contribution in [3.8, 4) is 5.88 Å². The van der Waals surface area contributed by atoms with Gasteiger partial charge in [-0.1, -0.05) is 17.2 Å². The highest BCUT2D eigenvalue weighted by atomic mass is 16.7. The highest BCUT2D eigenvalue weighted by Gasteiger charge is 2.39. The maximum atomic E-state index is 12.0. The summed E-state index contributed by atoms with van der Waals surface area (Å²) in [5.74, 6) is -2.15. The predicted octanol–water partition coefficient (Wildman–Crippen LogP) is 0.853. The molecule has 0 atom stereocenters. The molecule has 0 unspecified atom stereocenters. The molecule has 22 heavy (non-hydrogen) atoms. The normalized spacial score (nSPS) is 13.0. The monoisotopic (exact) mass is 299 g/mol.